The molecule has 1 fully saturated rings. The molecule has 3 N–H and O–H groups in total. The van der Waals surface area contributed by atoms with Gasteiger partial charge in [0.05, 0.1) is 6.10 Å². The van der Waals surface area contributed by atoms with E-state index in [1.807, 2.05) is 0 Å². The lowest BCUT2D eigenvalue weighted by Crippen LogP contribution is -2.29. The van der Waals surface area contributed by atoms with Crippen molar-refractivity contribution in [3.8, 4) is 0 Å². The topological polar surface area (TPSA) is 46.2 Å². The quantitative estimate of drug-likeness (QED) is 0.732. The molecule has 0 amide bonds. The number of aliphatic hydroxyl groups is 1. The van der Waals surface area contributed by atoms with E-state index in [1.54, 1.807) is 0 Å². The summed E-state index contributed by atoms with van der Waals surface area (Å²) in [6.45, 7) is 4.30. The Balaban J connectivity index is 2.15. The molecule has 0 spiro atoms. The second-order valence-electron chi connectivity index (χ2n) is 6.02. The Morgan fingerprint density at radius 2 is 1.75 bits per heavy atom. The van der Waals surface area contributed by atoms with Gasteiger partial charge in [0.1, 0.15) is 0 Å². The second-order valence-corrected chi connectivity index (χ2v) is 6.02. The first kappa shape index (κ1) is 14.0. The van der Waals surface area contributed by atoms with Crippen LogP contribution in [-0.4, -0.2) is 17.3 Å². The average molecular weight is 227 g/mol. The van der Waals surface area contributed by atoms with Gasteiger partial charge in [0.25, 0.3) is 0 Å². The van der Waals surface area contributed by atoms with Crippen LogP contribution in [0.15, 0.2) is 0 Å². The highest BCUT2D eigenvalue weighted by Crippen LogP contribution is 2.27. The summed E-state index contributed by atoms with van der Waals surface area (Å²) in [5, 5.41) is 9.84. The fourth-order valence-electron chi connectivity index (χ4n) is 2.94. The molecule has 0 bridgehead atoms. The molecule has 2 atom stereocenters. The number of nitrogens with two attached hydrogens (primary N) is 1. The molecule has 96 valence electrons. The summed E-state index contributed by atoms with van der Waals surface area (Å²) in [5.74, 6) is 1.40. The summed E-state index contributed by atoms with van der Waals surface area (Å²) in [7, 11) is 0. The summed E-state index contributed by atoms with van der Waals surface area (Å²) in [5.41, 5.74) is 6.12. The van der Waals surface area contributed by atoms with E-state index in [0.717, 1.165) is 25.2 Å². The smallest absolute Gasteiger partial charge is 0.0557 e. The number of hydrogen-bond acceptors (Lipinski definition) is 2. The summed E-state index contributed by atoms with van der Waals surface area (Å²) in [6, 6.07) is 0.205. The van der Waals surface area contributed by atoms with E-state index in [4.69, 9.17) is 5.73 Å². The maximum atomic E-state index is 9.84. The molecule has 2 nitrogen and oxygen atoms in total. The fourth-order valence-corrected chi connectivity index (χ4v) is 2.94. The van der Waals surface area contributed by atoms with Gasteiger partial charge in [0.2, 0.25) is 0 Å². The predicted octanol–water partition coefficient (Wildman–Crippen LogP) is 3.08. The van der Waals surface area contributed by atoms with Gasteiger partial charge in [0.15, 0.2) is 0 Å². The van der Waals surface area contributed by atoms with E-state index in [9.17, 15) is 5.11 Å². The highest BCUT2D eigenvalue weighted by atomic mass is 16.3. The van der Waals surface area contributed by atoms with Gasteiger partial charge in [-0.2, -0.15) is 0 Å². The largest absolute Gasteiger partial charge is 0.393 e. The van der Waals surface area contributed by atoms with Gasteiger partial charge in [-0.1, -0.05) is 46.0 Å². The molecule has 16 heavy (non-hydrogen) atoms. The minimum Gasteiger partial charge on any atom is -0.393 e. The summed E-state index contributed by atoms with van der Waals surface area (Å²) in [4.78, 5) is 0. The summed E-state index contributed by atoms with van der Waals surface area (Å²) < 4.78 is 0. The van der Waals surface area contributed by atoms with Gasteiger partial charge in [-0.05, 0) is 31.1 Å². The molecule has 0 aliphatic heterocycles. The highest BCUT2D eigenvalue weighted by molar-refractivity contribution is 4.75. The van der Waals surface area contributed by atoms with Crippen molar-refractivity contribution in [2.75, 3.05) is 0 Å². The van der Waals surface area contributed by atoms with Crippen molar-refractivity contribution in [1.29, 1.82) is 0 Å². The second kappa shape index (κ2) is 7.29. The third kappa shape index (κ3) is 5.86. The Morgan fingerprint density at radius 3 is 2.31 bits per heavy atom. The van der Waals surface area contributed by atoms with Crippen molar-refractivity contribution < 1.29 is 5.11 Å². The van der Waals surface area contributed by atoms with E-state index in [0.29, 0.717) is 5.92 Å². The standard InChI is InChI=1S/C14H29NO/c1-11(2)8-14(16)10-13(15)9-12-6-4-3-5-7-12/h11-14,16H,3-10,15H2,1-2H3. The normalized spacial score (nSPS) is 22.3. The van der Waals surface area contributed by atoms with E-state index in [1.165, 1.54) is 32.1 Å². The minimum absolute atomic E-state index is 0.196. The Morgan fingerprint density at radius 1 is 1.12 bits per heavy atom. The third-order valence-corrected chi connectivity index (χ3v) is 3.68. The molecule has 1 aliphatic carbocycles. The molecule has 0 aromatic rings. The first-order valence-corrected chi connectivity index (χ1v) is 7.01. The van der Waals surface area contributed by atoms with Crippen LogP contribution in [0.3, 0.4) is 0 Å². The molecule has 0 heterocycles. The number of aliphatic hydroxyl groups excluding tert-OH is 1. The Hall–Kier alpha value is -0.0800. The van der Waals surface area contributed by atoms with Crippen LogP contribution in [0.2, 0.25) is 0 Å². The van der Waals surface area contributed by atoms with E-state index in [-0.39, 0.29) is 12.1 Å². The van der Waals surface area contributed by atoms with Gasteiger partial charge >= 0.3 is 0 Å². The Bertz CT molecular complexity index is 176. The van der Waals surface area contributed by atoms with Crippen LogP contribution in [0.5, 0.6) is 0 Å². The van der Waals surface area contributed by atoms with Crippen LogP contribution in [0.1, 0.15) is 65.2 Å². The van der Waals surface area contributed by atoms with E-state index in [2.05, 4.69) is 13.8 Å². The third-order valence-electron chi connectivity index (χ3n) is 3.68. The lowest BCUT2D eigenvalue weighted by Gasteiger charge is -2.26. The van der Waals surface area contributed by atoms with Crippen LogP contribution in [0.4, 0.5) is 0 Å². The van der Waals surface area contributed by atoms with Crippen LogP contribution in [-0.2, 0) is 0 Å². The first-order valence-electron chi connectivity index (χ1n) is 7.01. The molecular weight excluding hydrogens is 198 g/mol. The van der Waals surface area contributed by atoms with Crippen molar-refractivity contribution in [1.82, 2.24) is 0 Å². The zero-order chi connectivity index (χ0) is 12.0. The fraction of sp³-hybridized carbons (Fsp3) is 1.00. The summed E-state index contributed by atoms with van der Waals surface area (Å²) >= 11 is 0. The maximum Gasteiger partial charge on any atom is 0.0557 e. The summed E-state index contributed by atoms with van der Waals surface area (Å²) in [6.07, 6.45) is 9.47. The maximum absolute atomic E-state index is 9.84. The lowest BCUT2D eigenvalue weighted by atomic mass is 9.83. The Labute approximate surface area is 101 Å². The van der Waals surface area contributed by atoms with Gasteiger partial charge in [-0.15, -0.1) is 0 Å². The zero-order valence-corrected chi connectivity index (χ0v) is 11.0. The number of rotatable bonds is 6. The molecule has 0 aromatic heterocycles. The average Bonchev–Trinajstić information content (AvgIpc) is 2.17. The van der Waals surface area contributed by atoms with Crippen LogP contribution in [0.25, 0.3) is 0 Å². The predicted molar refractivity (Wildman–Crippen MR) is 69.2 cm³/mol. The van der Waals surface area contributed by atoms with Gasteiger partial charge in [0, 0.05) is 6.04 Å². The SMILES string of the molecule is CC(C)CC(O)CC(N)CC1CCCCC1. The molecular formula is C14H29NO. The molecule has 2 unspecified atom stereocenters. The molecule has 1 aliphatic rings. The lowest BCUT2D eigenvalue weighted by molar-refractivity contribution is 0.126. The Kier molecular flexibility index (Phi) is 6.37. The molecule has 1 saturated carbocycles. The van der Waals surface area contributed by atoms with Crippen LogP contribution < -0.4 is 5.73 Å². The molecule has 2 heteroatoms. The van der Waals surface area contributed by atoms with Crippen molar-refractivity contribution in [2.24, 2.45) is 17.6 Å². The van der Waals surface area contributed by atoms with Crippen molar-refractivity contribution in [3.05, 3.63) is 0 Å². The minimum atomic E-state index is -0.196. The van der Waals surface area contributed by atoms with Crippen molar-refractivity contribution >= 4 is 0 Å². The monoisotopic (exact) mass is 227 g/mol. The van der Waals surface area contributed by atoms with E-state index >= 15 is 0 Å². The molecule has 0 radical (unpaired) electrons. The molecule has 0 saturated heterocycles. The van der Waals surface area contributed by atoms with Crippen molar-refractivity contribution in [2.45, 2.75) is 77.4 Å². The van der Waals surface area contributed by atoms with Gasteiger partial charge in [-0.25, -0.2) is 0 Å². The molecule has 1 rings (SSSR count). The van der Waals surface area contributed by atoms with E-state index < -0.39 is 0 Å². The van der Waals surface area contributed by atoms with Crippen molar-refractivity contribution in [3.63, 3.8) is 0 Å². The number of hydrogen-bond donors (Lipinski definition) is 2. The van der Waals surface area contributed by atoms with Crippen LogP contribution >= 0.6 is 0 Å². The van der Waals surface area contributed by atoms with Gasteiger partial charge in [-0.3, -0.25) is 0 Å². The first-order chi connectivity index (χ1) is 7.58. The van der Waals surface area contributed by atoms with Crippen LogP contribution in [0, 0.1) is 11.8 Å². The van der Waals surface area contributed by atoms with Gasteiger partial charge < -0.3 is 10.8 Å². The zero-order valence-electron chi connectivity index (χ0n) is 11.0. The highest BCUT2D eigenvalue weighted by Gasteiger charge is 2.19. The molecule has 0 aromatic carbocycles.